The highest BCUT2D eigenvalue weighted by Crippen LogP contribution is 2.50. The summed E-state index contributed by atoms with van der Waals surface area (Å²) in [5, 5.41) is 10.8. The number of benzene rings is 1. The van der Waals surface area contributed by atoms with Crippen molar-refractivity contribution in [2.75, 3.05) is 0 Å². The molecule has 1 aromatic heterocycles. The van der Waals surface area contributed by atoms with Gasteiger partial charge in [0.15, 0.2) is 0 Å². The van der Waals surface area contributed by atoms with E-state index in [1.807, 2.05) is 18.2 Å². The van der Waals surface area contributed by atoms with Gasteiger partial charge >= 0.3 is 0 Å². The maximum atomic E-state index is 8.85. The minimum Gasteiger partial charge on any atom is -0.347 e. The van der Waals surface area contributed by atoms with Crippen LogP contribution in [0.4, 0.5) is 0 Å². The second-order valence-electron chi connectivity index (χ2n) is 4.98. The van der Waals surface area contributed by atoms with Gasteiger partial charge in [-0.15, -0.1) is 0 Å². The summed E-state index contributed by atoms with van der Waals surface area (Å²) < 4.78 is 2.23. The Labute approximate surface area is 105 Å². The zero-order chi connectivity index (χ0) is 11.9. The van der Waals surface area contributed by atoms with E-state index in [1.165, 1.54) is 23.7 Å². The zero-order valence-corrected chi connectivity index (χ0v) is 10.2. The Morgan fingerprint density at radius 3 is 2.88 bits per heavy atom. The maximum Gasteiger partial charge on any atom is 0.0628 e. The van der Waals surface area contributed by atoms with E-state index in [4.69, 9.17) is 16.9 Å². The van der Waals surface area contributed by atoms with E-state index in [1.54, 1.807) is 0 Å². The monoisotopic (exact) mass is 244 g/mol. The zero-order valence-electron chi connectivity index (χ0n) is 9.49. The highest BCUT2D eigenvalue weighted by molar-refractivity contribution is 6.31. The van der Waals surface area contributed by atoms with Crippen LogP contribution in [0.3, 0.4) is 0 Å². The highest BCUT2D eigenvalue weighted by Gasteiger charge is 2.42. The fourth-order valence-corrected chi connectivity index (χ4v) is 2.56. The Morgan fingerprint density at radius 1 is 1.35 bits per heavy atom. The van der Waals surface area contributed by atoms with Crippen LogP contribution in [0, 0.1) is 16.7 Å². The molecule has 1 heterocycles. The summed E-state index contributed by atoms with van der Waals surface area (Å²) in [6.45, 7) is 0.935. The van der Waals surface area contributed by atoms with Gasteiger partial charge in [0.1, 0.15) is 0 Å². The van der Waals surface area contributed by atoms with Crippen molar-refractivity contribution in [3.63, 3.8) is 0 Å². The topological polar surface area (TPSA) is 28.7 Å². The molecule has 0 N–H and O–H groups in total. The summed E-state index contributed by atoms with van der Waals surface area (Å²) in [6.07, 6.45) is 5.09. The number of nitriles is 1. The average Bonchev–Trinajstić information content (AvgIpc) is 2.95. The van der Waals surface area contributed by atoms with Crippen molar-refractivity contribution in [3.05, 3.63) is 35.5 Å². The molecule has 0 bridgehead atoms. The molecule has 0 radical (unpaired) electrons. The summed E-state index contributed by atoms with van der Waals surface area (Å²) in [6, 6.07) is 10.4. The molecule has 0 atom stereocenters. The molecular formula is C14H13ClN2. The summed E-state index contributed by atoms with van der Waals surface area (Å²) >= 11 is 6.03. The molecule has 2 aromatic rings. The van der Waals surface area contributed by atoms with Crippen LogP contribution in [0.2, 0.25) is 5.02 Å². The predicted octanol–water partition coefficient (Wildman–Crippen LogP) is 3.99. The molecular weight excluding hydrogens is 232 g/mol. The first kappa shape index (κ1) is 10.7. The van der Waals surface area contributed by atoms with Crippen LogP contribution in [0.1, 0.15) is 19.3 Å². The van der Waals surface area contributed by atoms with Crippen LogP contribution in [0.25, 0.3) is 10.9 Å². The van der Waals surface area contributed by atoms with Gasteiger partial charge in [0.25, 0.3) is 0 Å². The predicted molar refractivity (Wildman–Crippen MR) is 68.8 cm³/mol. The second kappa shape index (κ2) is 3.78. The van der Waals surface area contributed by atoms with E-state index >= 15 is 0 Å². The lowest BCUT2D eigenvalue weighted by Gasteiger charge is -2.13. The van der Waals surface area contributed by atoms with Crippen LogP contribution < -0.4 is 0 Å². The largest absolute Gasteiger partial charge is 0.347 e. The van der Waals surface area contributed by atoms with Gasteiger partial charge in [0.05, 0.1) is 6.07 Å². The lowest BCUT2D eigenvalue weighted by atomic mass is 10.0. The molecule has 1 saturated carbocycles. The lowest BCUT2D eigenvalue weighted by Crippen LogP contribution is -2.10. The molecule has 0 unspecified atom stereocenters. The first-order valence-corrected chi connectivity index (χ1v) is 6.22. The molecule has 1 aliphatic carbocycles. The number of fused-ring (bicyclic) bond motifs is 1. The molecule has 0 saturated heterocycles. The van der Waals surface area contributed by atoms with E-state index in [0.29, 0.717) is 6.42 Å². The Bertz CT molecular complexity index is 602. The van der Waals surface area contributed by atoms with E-state index in [-0.39, 0.29) is 5.41 Å². The molecule has 86 valence electrons. The van der Waals surface area contributed by atoms with Gasteiger partial charge < -0.3 is 4.57 Å². The third kappa shape index (κ3) is 1.92. The van der Waals surface area contributed by atoms with E-state index in [0.717, 1.165) is 11.6 Å². The quantitative estimate of drug-likeness (QED) is 0.803. The summed E-state index contributed by atoms with van der Waals surface area (Å²) in [7, 11) is 0. The Balaban J connectivity index is 1.96. The van der Waals surface area contributed by atoms with Crippen LogP contribution in [-0.2, 0) is 6.54 Å². The van der Waals surface area contributed by atoms with Crippen molar-refractivity contribution in [2.45, 2.75) is 25.8 Å². The first-order valence-electron chi connectivity index (χ1n) is 5.84. The van der Waals surface area contributed by atoms with Gasteiger partial charge in [-0.25, -0.2) is 0 Å². The molecule has 0 aliphatic heterocycles. The van der Waals surface area contributed by atoms with E-state index < -0.39 is 0 Å². The molecule has 0 spiro atoms. The Morgan fingerprint density at radius 2 is 2.18 bits per heavy atom. The first-order chi connectivity index (χ1) is 8.22. The molecule has 2 nitrogen and oxygen atoms in total. The van der Waals surface area contributed by atoms with Gasteiger partial charge in [-0.2, -0.15) is 5.26 Å². The van der Waals surface area contributed by atoms with Crippen LogP contribution >= 0.6 is 11.6 Å². The van der Waals surface area contributed by atoms with E-state index in [9.17, 15) is 0 Å². The van der Waals surface area contributed by atoms with E-state index in [2.05, 4.69) is 22.9 Å². The van der Waals surface area contributed by atoms with Gasteiger partial charge in [0, 0.05) is 35.1 Å². The molecule has 17 heavy (non-hydrogen) atoms. The van der Waals surface area contributed by atoms with Crippen molar-refractivity contribution >= 4 is 22.5 Å². The minimum atomic E-state index is 0.225. The van der Waals surface area contributed by atoms with Gasteiger partial charge in [-0.05, 0) is 36.4 Å². The van der Waals surface area contributed by atoms with Crippen molar-refractivity contribution in [1.82, 2.24) is 4.57 Å². The second-order valence-corrected chi connectivity index (χ2v) is 5.42. The standard InChI is InChI=1S/C14H13ClN2/c15-12-2-1-11-3-8-17(13(11)9-12)10-14(4-5-14)6-7-16/h1-3,8-9H,4-6,10H2. The van der Waals surface area contributed by atoms with Crippen LogP contribution in [-0.4, -0.2) is 4.57 Å². The third-order valence-electron chi connectivity index (χ3n) is 3.65. The molecule has 1 aliphatic rings. The lowest BCUT2D eigenvalue weighted by molar-refractivity contribution is 0.440. The highest BCUT2D eigenvalue weighted by atomic mass is 35.5. The van der Waals surface area contributed by atoms with Crippen LogP contribution in [0.15, 0.2) is 30.5 Å². The van der Waals surface area contributed by atoms with Crippen LogP contribution in [0.5, 0.6) is 0 Å². The van der Waals surface area contributed by atoms with Gasteiger partial charge in [-0.3, -0.25) is 0 Å². The third-order valence-corrected chi connectivity index (χ3v) is 3.89. The fourth-order valence-electron chi connectivity index (χ4n) is 2.39. The molecule has 1 aromatic carbocycles. The Kier molecular flexibility index (Phi) is 2.38. The summed E-state index contributed by atoms with van der Waals surface area (Å²) in [4.78, 5) is 0. The average molecular weight is 245 g/mol. The molecule has 0 amide bonds. The molecule has 3 rings (SSSR count). The molecule has 3 heteroatoms. The Hall–Kier alpha value is -1.46. The number of aromatic nitrogens is 1. The fraction of sp³-hybridized carbons (Fsp3) is 0.357. The number of nitrogens with zero attached hydrogens (tertiary/aromatic N) is 2. The van der Waals surface area contributed by atoms with Crippen molar-refractivity contribution in [1.29, 1.82) is 5.26 Å². The number of hydrogen-bond acceptors (Lipinski definition) is 1. The normalized spacial score (nSPS) is 16.9. The van der Waals surface area contributed by atoms with Crippen molar-refractivity contribution in [3.8, 4) is 6.07 Å². The summed E-state index contributed by atoms with van der Waals surface area (Å²) in [5.74, 6) is 0. The number of halogens is 1. The maximum absolute atomic E-state index is 8.85. The summed E-state index contributed by atoms with van der Waals surface area (Å²) in [5.41, 5.74) is 1.39. The minimum absolute atomic E-state index is 0.225. The van der Waals surface area contributed by atoms with Gasteiger partial charge in [-0.1, -0.05) is 17.7 Å². The van der Waals surface area contributed by atoms with Crippen molar-refractivity contribution in [2.24, 2.45) is 5.41 Å². The number of hydrogen-bond donors (Lipinski definition) is 0. The van der Waals surface area contributed by atoms with Crippen molar-refractivity contribution < 1.29 is 0 Å². The SMILES string of the molecule is N#CCC1(Cn2ccc3ccc(Cl)cc32)CC1. The number of rotatable bonds is 3. The smallest absolute Gasteiger partial charge is 0.0628 e. The van der Waals surface area contributed by atoms with Gasteiger partial charge in [0.2, 0.25) is 0 Å². The molecule has 1 fully saturated rings.